The van der Waals surface area contributed by atoms with Crippen molar-refractivity contribution in [1.82, 2.24) is 10.3 Å². The smallest absolute Gasteiger partial charge is 0.280 e. The van der Waals surface area contributed by atoms with Gasteiger partial charge in [0.15, 0.2) is 0 Å². The van der Waals surface area contributed by atoms with Gasteiger partial charge in [-0.05, 0) is 37.3 Å². The first-order chi connectivity index (χ1) is 11.1. The highest BCUT2D eigenvalue weighted by Crippen LogP contribution is 2.24. The molecule has 1 heterocycles. The van der Waals surface area contributed by atoms with Crippen LogP contribution >= 0.6 is 0 Å². The zero-order valence-corrected chi connectivity index (χ0v) is 12.5. The molecule has 3 amide bonds. The van der Waals surface area contributed by atoms with Crippen molar-refractivity contribution in [2.75, 3.05) is 12.0 Å². The van der Waals surface area contributed by atoms with E-state index in [1.165, 1.54) is 12.1 Å². The number of nitrogens with one attached hydrogen (secondary N) is 2. The van der Waals surface area contributed by atoms with Gasteiger partial charge >= 0.3 is 0 Å². The van der Waals surface area contributed by atoms with Crippen molar-refractivity contribution >= 4 is 23.4 Å². The number of hydrazine groups is 1. The minimum Gasteiger partial charge on any atom is -0.352 e. The Morgan fingerprint density at radius 1 is 1.00 bits per heavy atom. The molecule has 1 aliphatic rings. The van der Waals surface area contributed by atoms with Crippen LogP contribution in [0.3, 0.4) is 0 Å². The Hall–Kier alpha value is -3.15. The summed E-state index contributed by atoms with van der Waals surface area (Å²) in [6.07, 6.45) is 0. The number of fused-ring (bicyclic) bond motifs is 1. The molecule has 0 aromatic heterocycles. The average molecular weight is 309 g/mol. The summed E-state index contributed by atoms with van der Waals surface area (Å²) in [7, 11) is 0. The average Bonchev–Trinajstić information content (AvgIpc) is 2.81. The molecule has 0 saturated heterocycles. The molecule has 2 aromatic rings. The molecule has 0 spiro atoms. The summed E-state index contributed by atoms with van der Waals surface area (Å²) >= 11 is 0. The third-order valence-corrected chi connectivity index (χ3v) is 3.50. The van der Waals surface area contributed by atoms with Crippen molar-refractivity contribution in [2.45, 2.75) is 6.92 Å². The summed E-state index contributed by atoms with van der Waals surface area (Å²) in [5.74, 6) is -1.18. The van der Waals surface area contributed by atoms with Gasteiger partial charge in [-0.15, -0.1) is 0 Å². The third kappa shape index (κ3) is 2.66. The van der Waals surface area contributed by atoms with Crippen LogP contribution < -0.4 is 10.7 Å². The molecule has 6 heteroatoms. The van der Waals surface area contributed by atoms with Gasteiger partial charge in [-0.1, -0.05) is 18.2 Å². The van der Waals surface area contributed by atoms with Gasteiger partial charge in [0, 0.05) is 12.1 Å². The van der Waals surface area contributed by atoms with Crippen LogP contribution in [-0.4, -0.2) is 29.3 Å². The van der Waals surface area contributed by atoms with E-state index in [1.54, 1.807) is 30.3 Å². The van der Waals surface area contributed by atoms with Gasteiger partial charge in [0.25, 0.3) is 17.7 Å². The number of amides is 3. The Bertz CT molecular complexity index is 787. The molecule has 0 bridgehead atoms. The maximum Gasteiger partial charge on any atom is 0.280 e. The second-order valence-corrected chi connectivity index (χ2v) is 5.04. The predicted molar refractivity (Wildman–Crippen MR) is 85.0 cm³/mol. The summed E-state index contributed by atoms with van der Waals surface area (Å²) in [5, 5.41) is 3.63. The lowest BCUT2D eigenvalue weighted by atomic mass is 10.1. The van der Waals surface area contributed by atoms with Crippen LogP contribution in [0.25, 0.3) is 0 Å². The number of hydrogen-bond acceptors (Lipinski definition) is 4. The predicted octanol–water partition coefficient (Wildman–Crippen LogP) is 2.06. The summed E-state index contributed by atoms with van der Waals surface area (Å²) in [5.41, 5.74) is 4.29. The van der Waals surface area contributed by atoms with Crippen molar-refractivity contribution in [2.24, 2.45) is 0 Å². The molecule has 1 aliphatic heterocycles. The first kappa shape index (κ1) is 14.8. The fourth-order valence-corrected chi connectivity index (χ4v) is 2.39. The lowest BCUT2D eigenvalue weighted by molar-refractivity contribution is 0.0691. The molecule has 23 heavy (non-hydrogen) atoms. The van der Waals surface area contributed by atoms with E-state index in [-0.39, 0.29) is 17.0 Å². The zero-order chi connectivity index (χ0) is 16.4. The van der Waals surface area contributed by atoms with Crippen LogP contribution in [0.5, 0.6) is 0 Å². The van der Waals surface area contributed by atoms with Gasteiger partial charge in [0.2, 0.25) is 0 Å². The van der Waals surface area contributed by atoms with Crippen LogP contribution in [-0.2, 0) is 0 Å². The quantitative estimate of drug-likeness (QED) is 0.847. The van der Waals surface area contributed by atoms with E-state index in [0.717, 1.165) is 5.01 Å². The summed E-state index contributed by atoms with van der Waals surface area (Å²) in [6.45, 7) is 2.30. The Kier molecular flexibility index (Phi) is 3.80. The monoisotopic (exact) mass is 309 g/mol. The Morgan fingerprint density at radius 3 is 2.39 bits per heavy atom. The number of carbonyl (C=O) groups excluding carboxylic acids is 3. The number of para-hydroxylation sites is 1. The fourth-order valence-electron chi connectivity index (χ4n) is 2.39. The lowest BCUT2D eigenvalue weighted by Crippen LogP contribution is -2.35. The van der Waals surface area contributed by atoms with Gasteiger partial charge in [-0.3, -0.25) is 19.8 Å². The maximum atomic E-state index is 12.5. The van der Waals surface area contributed by atoms with Gasteiger partial charge in [0.05, 0.1) is 16.8 Å². The molecule has 2 aromatic carbocycles. The topological polar surface area (TPSA) is 78.5 Å². The molecular formula is C17H15N3O3. The first-order valence-electron chi connectivity index (χ1n) is 7.24. The van der Waals surface area contributed by atoms with Crippen LogP contribution in [0.1, 0.15) is 38.0 Å². The van der Waals surface area contributed by atoms with Gasteiger partial charge in [0.1, 0.15) is 0 Å². The third-order valence-electron chi connectivity index (χ3n) is 3.50. The van der Waals surface area contributed by atoms with Crippen molar-refractivity contribution in [3.05, 3.63) is 65.2 Å². The van der Waals surface area contributed by atoms with E-state index < -0.39 is 11.8 Å². The summed E-state index contributed by atoms with van der Waals surface area (Å²) < 4.78 is 0. The molecule has 2 N–H and O–H groups in total. The number of benzene rings is 2. The standard InChI is InChI=1S/C17H15N3O3/c1-2-18-15(21)11-8-9-13-14(10-11)17(23)20(16(13)22)19-12-6-4-3-5-7-12/h3-10,19H,2H2,1H3,(H,18,21). The SMILES string of the molecule is CCNC(=O)c1ccc2c(c1)C(=O)N(Nc1ccccc1)C2=O. The van der Waals surface area contributed by atoms with Crippen LogP contribution in [0.4, 0.5) is 5.69 Å². The minimum absolute atomic E-state index is 0.224. The highest BCUT2D eigenvalue weighted by atomic mass is 16.2. The van der Waals surface area contributed by atoms with E-state index in [0.29, 0.717) is 17.8 Å². The van der Waals surface area contributed by atoms with Crippen molar-refractivity contribution in [1.29, 1.82) is 0 Å². The number of nitrogens with zero attached hydrogens (tertiary/aromatic N) is 1. The number of anilines is 1. The molecule has 0 atom stereocenters. The van der Waals surface area contributed by atoms with Crippen molar-refractivity contribution in [3.8, 4) is 0 Å². The molecule has 6 nitrogen and oxygen atoms in total. The van der Waals surface area contributed by atoms with E-state index >= 15 is 0 Å². The van der Waals surface area contributed by atoms with Crippen LogP contribution in [0, 0.1) is 0 Å². The molecule has 0 unspecified atom stereocenters. The summed E-state index contributed by atoms with van der Waals surface area (Å²) in [6, 6.07) is 13.4. The highest BCUT2D eigenvalue weighted by molar-refractivity contribution is 6.22. The molecular weight excluding hydrogens is 294 g/mol. The Labute approximate surface area is 133 Å². The van der Waals surface area contributed by atoms with Gasteiger partial charge < -0.3 is 5.32 Å². The maximum absolute atomic E-state index is 12.5. The van der Waals surface area contributed by atoms with E-state index in [1.807, 2.05) is 13.0 Å². The number of rotatable bonds is 4. The molecule has 116 valence electrons. The number of imide groups is 1. The largest absolute Gasteiger partial charge is 0.352 e. The number of carbonyl (C=O) groups is 3. The molecule has 0 saturated carbocycles. The normalized spacial score (nSPS) is 13.0. The van der Waals surface area contributed by atoms with E-state index in [9.17, 15) is 14.4 Å². The van der Waals surface area contributed by atoms with Crippen LogP contribution in [0.15, 0.2) is 48.5 Å². The highest BCUT2D eigenvalue weighted by Gasteiger charge is 2.36. The second-order valence-electron chi connectivity index (χ2n) is 5.04. The van der Waals surface area contributed by atoms with E-state index in [4.69, 9.17) is 0 Å². The number of hydrogen-bond donors (Lipinski definition) is 2. The fraction of sp³-hybridized carbons (Fsp3) is 0.118. The Morgan fingerprint density at radius 2 is 1.70 bits per heavy atom. The minimum atomic E-state index is -0.472. The Balaban J connectivity index is 1.89. The van der Waals surface area contributed by atoms with Gasteiger partial charge in [-0.2, -0.15) is 5.01 Å². The lowest BCUT2D eigenvalue weighted by Gasteiger charge is -2.16. The summed E-state index contributed by atoms with van der Waals surface area (Å²) in [4.78, 5) is 36.7. The second kappa shape index (κ2) is 5.92. The molecule has 0 radical (unpaired) electrons. The molecule has 0 aliphatic carbocycles. The van der Waals surface area contributed by atoms with Crippen molar-refractivity contribution in [3.63, 3.8) is 0 Å². The first-order valence-corrected chi connectivity index (χ1v) is 7.24. The zero-order valence-electron chi connectivity index (χ0n) is 12.5. The van der Waals surface area contributed by atoms with E-state index in [2.05, 4.69) is 10.7 Å². The molecule has 0 fully saturated rings. The van der Waals surface area contributed by atoms with Gasteiger partial charge in [-0.25, -0.2) is 0 Å². The van der Waals surface area contributed by atoms with Crippen LogP contribution in [0.2, 0.25) is 0 Å². The molecule has 3 rings (SSSR count). The van der Waals surface area contributed by atoms with Crippen molar-refractivity contribution < 1.29 is 14.4 Å².